The molecule has 4 heteroatoms. The smallest absolute Gasteiger partial charge is 0.0320 e. The van der Waals surface area contributed by atoms with Gasteiger partial charge in [-0.25, -0.2) is 0 Å². The lowest BCUT2D eigenvalue weighted by molar-refractivity contribution is 0.574. The molecule has 2 rings (SSSR count). The molecule has 0 fully saturated rings. The van der Waals surface area contributed by atoms with Gasteiger partial charge in [-0.1, -0.05) is 6.07 Å². The summed E-state index contributed by atoms with van der Waals surface area (Å²) in [5, 5.41) is 3.50. The maximum Gasteiger partial charge on any atom is 0.0320 e. The molecule has 94 valence electrons. The molecule has 0 unspecified atom stereocenters. The summed E-state index contributed by atoms with van der Waals surface area (Å²) in [5.74, 6) is 0. The summed E-state index contributed by atoms with van der Waals surface area (Å²) in [7, 11) is 0. The molecule has 0 amide bonds. The second-order valence-electron chi connectivity index (χ2n) is 4.13. The van der Waals surface area contributed by atoms with Crippen LogP contribution in [0.15, 0.2) is 51.7 Å². The molecule has 1 N–H and O–H groups in total. The van der Waals surface area contributed by atoms with Gasteiger partial charge in [0.05, 0.1) is 0 Å². The van der Waals surface area contributed by atoms with E-state index in [0.29, 0.717) is 6.04 Å². The first-order valence-electron chi connectivity index (χ1n) is 5.74. The van der Waals surface area contributed by atoms with Gasteiger partial charge in [0.2, 0.25) is 0 Å². The predicted octanol–water partition coefficient (Wildman–Crippen LogP) is 4.46. The number of aromatic nitrogens is 1. The van der Waals surface area contributed by atoms with Gasteiger partial charge in [0, 0.05) is 33.9 Å². The maximum atomic E-state index is 4.03. The maximum absolute atomic E-state index is 4.03. The van der Waals surface area contributed by atoms with Crippen molar-refractivity contribution < 1.29 is 0 Å². The molecule has 0 radical (unpaired) electrons. The Bertz CT molecular complexity index is 514. The van der Waals surface area contributed by atoms with Crippen LogP contribution in [-0.4, -0.2) is 4.98 Å². The zero-order chi connectivity index (χ0) is 13.0. The number of pyridine rings is 1. The summed E-state index contributed by atoms with van der Waals surface area (Å²) in [4.78, 5) is 4.03. The lowest BCUT2D eigenvalue weighted by atomic mass is 10.1. The van der Waals surface area contributed by atoms with Crippen molar-refractivity contribution in [2.24, 2.45) is 0 Å². The summed E-state index contributed by atoms with van der Waals surface area (Å²) in [6.45, 7) is 3.00. The average molecular weight is 370 g/mol. The van der Waals surface area contributed by atoms with Crippen LogP contribution in [0.25, 0.3) is 0 Å². The molecular weight excluding hydrogens is 356 g/mol. The van der Waals surface area contributed by atoms with Crippen LogP contribution in [0.2, 0.25) is 0 Å². The first kappa shape index (κ1) is 13.7. The van der Waals surface area contributed by atoms with Crippen LogP contribution in [-0.2, 0) is 6.54 Å². The summed E-state index contributed by atoms with van der Waals surface area (Å²) in [6, 6.07) is 10.7. The van der Waals surface area contributed by atoms with Gasteiger partial charge in [-0.3, -0.25) is 4.98 Å². The van der Waals surface area contributed by atoms with Crippen molar-refractivity contribution in [3.05, 3.63) is 62.8 Å². The third-order valence-corrected chi connectivity index (χ3v) is 4.68. The second-order valence-corrected chi connectivity index (χ2v) is 5.84. The Labute approximate surface area is 124 Å². The van der Waals surface area contributed by atoms with E-state index < -0.39 is 0 Å². The molecule has 2 aromatic rings. The summed E-state index contributed by atoms with van der Waals surface area (Å²) < 4.78 is 2.16. The lowest BCUT2D eigenvalue weighted by Gasteiger charge is -2.14. The minimum Gasteiger partial charge on any atom is -0.306 e. The van der Waals surface area contributed by atoms with Gasteiger partial charge in [-0.05, 0) is 74.2 Å². The standard InChI is InChI=1S/C14H14Br2N2/c1-10(12-4-6-17-7-5-12)18-9-11-2-3-13(15)14(16)8-11/h2-8,10,18H,9H2,1H3/t10-/m0/s1. The third kappa shape index (κ3) is 3.64. The summed E-state index contributed by atoms with van der Waals surface area (Å²) in [6.07, 6.45) is 3.65. The van der Waals surface area contributed by atoms with Crippen LogP contribution in [0.1, 0.15) is 24.1 Å². The normalized spacial score (nSPS) is 12.4. The molecule has 0 aliphatic heterocycles. The molecule has 0 aliphatic rings. The molecule has 1 atom stereocenters. The van der Waals surface area contributed by atoms with Gasteiger partial charge in [0.25, 0.3) is 0 Å². The van der Waals surface area contributed by atoms with Crippen molar-refractivity contribution in [1.29, 1.82) is 0 Å². The van der Waals surface area contributed by atoms with E-state index in [1.807, 2.05) is 24.5 Å². The molecule has 1 aromatic carbocycles. The quantitative estimate of drug-likeness (QED) is 0.860. The SMILES string of the molecule is C[C@H](NCc1ccc(Br)c(Br)c1)c1ccncc1. The number of benzene rings is 1. The molecule has 0 aliphatic carbocycles. The molecule has 0 spiro atoms. The lowest BCUT2D eigenvalue weighted by Crippen LogP contribution is -2.18. The molecule has 1 heterocycles. The Morgan fingerprint density at radius 2 is 1.83 bits per heavy atom. The minimum atomic E-state index is 0.315. The molecule has 0 saturated carbocycles. The molecule has 2 nitrogen and oxygen atoms in total. The number of halogens is 2. The highest BCUT2D eigenvalue weighted by molar-refractivity contribution is 9.13. The zero-order valence-electron chi connectivity index (χ0n) is 10.0. The van der Waals surface area contributed by atoms with Gasteiger partial charge in [-0.2, -0.15) is 0 Å². The van der Waals surface area contributed by atoms with Gasteiger partial charge in [0.15, 0.2) is 0 Å². The number of rotatable bonds is 4. The van der Waals surface area contributed by atoms with E-state index in [1.54, 1.807) is 0 Å². The Hall–Kier alpha value is -0.710. The van der Waals surface area contributed by atoms with Gasteiger partial charge in [0.1, 0.15) is 0 Å². The second kappa shape index (κ2) is 6.45. The minimum absolute atomic E-state index is 0.315. The molecule has 18 heavy (non-hydrogen) atoms. The molecule has 0 saturated heterocycles. The molecular formula is C14H14Br2N2. The fraction of sp³-hybridized carbons (Fsp3) is 0.214. The van der Waals surface area contributed by atoms with Gasteiger partial charge < -0.3 is 5.32 Å². The van der Waals surface area contributed by atoms with Crippen LogP contribution in [0.3, 0.4) is 0 Å². The number of hydrogen-bond acceptors (Lipinski definition) is 2. The molecule has 1 aromatic heterocycles. The van der Waals surface area contributed by atoms with Crippen LogP contribution in [0, 0.1) is 0 Å². The number of nitrogens with one attached hydrogen (secondary N) is 1. The van der Waals surface area contributed by atoms with E-state index in [1.165, 1.54) is 11.1 Å². The van der Waals surface area contributed by atoms with Crippen molar-refractivity contribution >= 4 is 31.9 Å². The van der Waals surface area contributed by atoms with Gasteiger partial charge in [-0.15, -0.1) is 0 Å². The van der Waals surface area contributed by atoms with Crippen LogP contribution < -0.4 is 5.32 Å². The summed E-state index contributed by atoms with van der Waals surface area (Å²) >= 11 is 6.99. The van der Waals surface area contributed by atoms with Crippen molar-refractivity contribution in [3.8, 4) is 0 Å². The van der Waals surface area contributed by atoms with Crippen molar-refractivity contribution in [2.75, 3.05) is 0 Å². The monoisotopic (exact) mass is 368 g/mol. The van der Waals surface area contributed by atoms with E-state index in [-0.39, 0.29) is 0 Å². The fourth-order valence-electron chi connectivity index (χ4n) is 1.69. The van der Waals surface area contributed by atoms with Crippen molar-refractivity contribution in [2.45, 2.75) is 19.5 Å². The van der Waals surface area contributed by atoms with E-state index in [0.717, 1.165) is 15.5 Å². The first-order chi connectivity index (χ1) is 8.66. The van der Waals surface area contributed by atoms with Gasteiger partial charge >= 0.3 is 0 Å². The Kier molecular flexibility index (Phi) is 4.92. The predicted molar refractivity (Wildman–Crippen MR) is 81.3 cm³/mol. The van der Waals surface area contributed by atoms with E-state index >= 15 is 0 Å². The largest absolute Gasteiger partial charge is 0.306 e. The summed E-state index contributed by atoms with van der Waals surface area (Å²) in [5.41, 5.74) is 2.51. The van der Waals surface area contributed by atoms with Crippen LogP contribution >= 0.6 is 31.9 Å². The highest BCUT2D eigenvalue weighted by Crippen LogP contribution is 2.24. The number of nitrogens with zero attached hydrogens (tertiary/aromatic N) is 1. The van der Waals surface area contributed by atoms with Crippen LogP contribution in [0.4, 0.5) is 0 Å². The molecule has 0 bridgehead atoms. The van der Waals surface area contributed by atoms with E-state index in [2.05, 4.69) is 67.3 Å². The van der Waals surface area contributed by atoms with E-state index in [9.17, 15) is 0 Å². The van der Waals surface area contributed by atoms with Crippen molar-refractivity contribution in [1.82, 2.24) is 10.3 Å². The highest BCUT2D eigenvalue weighted by atomic mass is 79.9. The van der Waals surface area contributed by atoms with E-state index in [4.69, 9.17) is 0 Å². The topological polar surface area (TPSA) is 24.9 Å². The first-order valence-corrected chi connectivity index (χ1v) is 7.32. The third-order valence-electron chi connectivity index (χ3n) is 2.80. The highest BCUT2D eigenvalue weighted by Gasteiger charge is 2.05. The van der Waals surface area contributed by atoms with Crippen molar-refractivity contribution in [3.63, 3.8) is 0 Å². The fourth-order valence-corrected chi connectivity index (χ4v) is 2.36. The average Bonchev–Trinajstić information content (AvgIpc) is 2.41. The Balaban J connectivity index is 1.97. The Morgan fingerprint density at radius 1 is 1.11 bits per heavy atom. The number of hydrogen-bond donors (Lipinski definition) is 1. The zero-order valence-corrected chi connectivity index (χ0v) is 13.2. The van der Waals surface area contributed by atoms with Crippen LogP contribution in [0.5, 0.6) is 0 Å². The Morgan fingerprint density at radius 3 is 2.50 bits per heavy atom.